The minimum atomic E-state index is -0.258. The summed E-state index contributed by atoms with van der Waals surface area (Å²) in [6.07, 6.45) is 0. The summed E-state index contributed by atoms with van der Waals surface area (Å²) in [5.74, 6) is 0.687. The number of carbonyl (C=O) groups is 2. The van der Waals surface area contributed by atoms with Crippen LogP contribution in [-0.4, -0.2) is 36.8 Å². The quantitative estimate of drug-likeness (QED) is 0.455. The molecule has 0 saturated heterocycles. The van der Waals surface area contributed by atoms with Crippen LogP contribution < -0.4 is 20.1 Å². The van der Waals surface area contributed by atoms with E-state index in [0.29, 0.717) is 27.8 Å². The number of pyridine rings is 1. The van der Waals surface area contributed by atoms with Crippen molar-refractivity contribution in [1.82, 2.24) is 4.98 Å². The third-order valence-corrected chi connectivity index (χ3v) is 5.93. The molecule has 0 saturated carbocycles. The van der Waals surface area contributed by atoms with E-state index in [0.717, 1.165) is 22.5 Å². The molecule has 0 fully saturated rings. The Hall–Kier alpha value is -3.52. The van der Waals surface area contributed by atoms with Crippen LogP contribution in [0.25, 0.3) is 0 Å². The Morgan fingerprint density at radius 3 is 2.36 bits per heavy atom. The first-order valence-corrected chi connectivity index (χ1v) is 11.3. The van der Waals surface area contributed by atoms with Crippen LogP contribution in [0.15, 0.2) is 53.6 Å². The maximum Gasteiger partial charge on any atom is 0.258 e. The highest BCUT2D eigenvalue weighted by molar-refractivity contribution is 8.00. The topological polar surface area (TPSA) is 89.6 Å². The first kappa shape index (κ1) is 24.1. The van der Waals surface area contributed by atoms with Crippen molar-refractivity contribution in [2.75, 3.05) is 30.6 Å². The van der Waals surface area contributed by atoms with Gasteiger partial charge in [0.05, 0.1) is 31.2 Å². The third kappa shape index (κ3) is 6.04. The number of ether oxygens (including phenoxy) is 2. The molecular weight excluding hydrogens is 438 g/mol. The van der Waals surface area contributed by atoms with Gasteiger partial charge in [-0.25, -0.2) is 4.98 Å². The number of para-hydroxylation sites is 1. The van der Waals surface area contributed by atoms with Crippen LogP contribution in [0.5, 0.6) is 11.5 Å². The van der Waals surface area contributed by atoms with Gasteiger partial charge < -0.3 is 20.1 Å². The molecule has 2 N–H and O–H groups in total. The molecule has 0 bridgehead atoms. The highest BCUT2D eigenvalue weighted by atomic mass is 32.2. The molecule has 1 aromatic heterocycles. The Morgan fingerprint density at radius 2 is 1.67 bits per heavy atom. The molecule has 0 aliphatic heterocycles. The largest absolute Gasteiger partial charge is 0.497 e. The van der Waals surface area contributed by atoms with E-state index in [1.807, 2.05) is 51.1 Å². The van der Waals surface area contributed by atoms with Gasteiger partial charge in [0.2, 0.25) is 5.91 Å². The van der Waals surface area contributed by atoms with Crippen molar-refractivity contribution in [2.45, 2.75) is 25.8 Å². The lowest BCUT2D eigenvalue weighted by atomic mass is 10.1. The van der Waals surface area contributed by atoms with Gasteiger partial charge in [0.15, 0.2) is 0 Å². The van der Waals surface area contributed by atoms with Crippen LogP contribution in [0.3, 0.4) is 0 Å². The molecular formula is C25H27N3O4S. The van der Waals surface area contributed by atoms with Crippen molar-refractivity contribution in [3.05, 3.63) is 70.9 Å². The third-order valence-electron chi connectivity index (χ3n) is 4.95. The van der Waals surface area contributed by atoms with E-state index in [9.17, 15) is 9.59 Å². The van der Waals surface area contributed by atoms with Crippen LogP contribution in [0.4, 0.5) is 11.4 Å². The summed E-state index contributed by atoms with van der Waals surface area (Å²) < 4.78 is 10.5. The number of benzene rings is 2. The van der Waals surface area contributed by atoms with Crippen LogP contribution in [0.2, 0.25) is 0 Å². The average Bonchev–Trinajstić information content (AvgIpc) is 2.78. The van der Waals surface area contributed by atoms with E-state index in [-0.39, 0.29) is 17.6 Å². The van der Waals surface area contributed by atoms with Gasteiger partial charge in [0, 0.05) is 17.4 Å². The van der Waals surface area contributed by atoms with E-state index in [1.54, 1.807) is 25.3 Å². The van der Waals surface area contributed by atoms with E-state index in [4.69, 9.17) is 9.47 Å². The van der Waals surface area contributed by atoms with Crippen molar-refractivity contribution in [1.29, 1.82) is 0 Å². The summed E-state index contributed by atoms with van der Waals surface area (Å²) in [6, 6.07) is 14.6. The van der Waals surface area contributed by atoms with Gasteiger partial charge in [-0.1, -0.05) is 30.0 Å². The fraction of sp³-hybridized carbons (Fsp3) is 0.240. The summed E-state index contributed by atoms with van der Waals surface area (Å²) in [7, 11) is 3.09. The molecule has 7 nitrogen and oxygen atoms in total. The number of rotatable bonds is 8. The number of anilines is 2. The summed E-state index contributed by atoms with van der Waals surface area (Å²) in [6.45, 7) is 5.66. The maximum absolute atomic E-state index is 13.1. The Bertz CT molecular complexity index is 1180. The molecule has 0 unspecified atom stereocenters. The minimum absolute atomic E-state index is 0.0703. The number of aryl methyl sites for hydroxylation is 3. The zero-order valence-corrected chi connectivity index (χ0v) is 20.1. The van der Waals surface area contributed by atoms with E-state index >= 15 is 0 Å². The first-order chi connectivity index (χ1) is 15.8. The lowest BCUT2D eigenvalue weighted by Gasteiger charge is -2.15. The van der Waals surface area contributed by atoms with Crippen molar-refractivity contribution in [3.63, 3.8) is 0 Å². The van der Waals surface area contributed by atoms with Gasteiger partial charge in [-0.05, 0) is 56.2 Å². The molecule has 0 atom stereocenters. The second kappa shape index (κ2) is 10.9. The van der Waals surface area contributed by atoms with Crippen molar-refractivity contribution >= 4 is 35.0 Å². The number of hydrogen-bond donors (Lipinski definition) is 2. The summed E-state index contributed by atoms with van der Waals surface area (Å²) in [4.78, 5) is 30.3. The number of amides is 2. The molecule has 172 valence electrons. The number of nitrogens with zero attached hydrogens (tertiary/aromatic N) is 1. The SMILES string of the molecule is COc1ccc(OC)c(NC(=O)CSc2nc(C)cc(C)c2C(=O)Nc2ccccc2C)c1. The van der Waals surface area contributed by atoms with Gasteiger partial charge in [-0.15, -0.1) is 0 Å². The van der Waals surface area contributed by atoms with E-state index < -0.39 is 0 Å². The molecule has 1 heterocycles. The molecule has 0 aliphatic rings. The lowest BCUT2D eigenvalue weighted by molar-refractivity contribution is -0.113. The predicted molar refractivity (Wildman–Crippen MR) is 132 cm³/mol. The molecule has 2 amide bonds. The van der Waals surface area contributed by atoms with E-state index in [1.165, 1.54) is 18.9 Å². The highest BCUT2D eigenvalue weighted by Crippen LogP contribution is 2.30. The molecule has 3 aromatic rings. The van der Waals surface area contributed by atoms with Gasteiger partial charge in [0.25, 0.3) is 5.91 Å². The Morgan fingerprint density at radius 1 is 0.909 bits per heavy atom. The minimum Gasteiger partial charge on any atom is -0.497 e. The number of hydrogen-bond acceptors (Lipinski definition) is 6. The molecule has 3 rings (SSSR count). The predicted octanol–water partition coefficient (Wildman–Crippen LogP) is 5.01. The summed E-state index contributed by atoms with van der Waals surface area (Å²) in [5, 5.41) is 6.30. The zero-order valence-electron chi connectivity index (χ0n) is 19.3. The molecule has 0 radical (unpaired) electrons. The summed E-state index contributed by atoms with van der Waals surface area (Å²) in [5.41, 5.74) is 4.24. The Balaban J connectivity index is 1.78. The number of aromatic nitrogens is 1. The standard InChI is InChI=1S/C25H27N3O4S/c1-15-8-6-7-9-19(15)28-24(30)23-16(2)12-17(3)26-25(23)33-14-22(29)27-20-13-18(31-4)10-11-21(20)32-5/h6-13H,14H2,1-5H3,(H,27,29)(H,28,30). The van der Waals surface area contributed by atoms with Crippen molar-refractivity contribution in [3.8, 4) is 11.5 Å². The number of carbonyl (C=O) groups excluding carboxylic acids is 2. The second-order valence-corrected chi connectivity index (χ2v) is 8.40. The normalized spacial score (nSPS) is 10.5. The van der Waals surface area contributed by atoms with Gasteiger partial charge in [-0.3, -0.25) is 9.59 Å². The van der Waals surface area contributed by atoms with Crippen LogP contribution in [0.1, 0.15) is 27.2 Å². The average molecular weight is 466 g/mol. The number of thioether (sulfide) groups is 1. The maximum atomic E-state index is 13.1. The molecule has 0 aliphatic carbocycles. The fourth-order valence-corrected chi connectivity index (χ4v) is 4.26. The second-order valence-electron chi connectivity index (χ2n) is 7.43. The highest BCUT2D eigenvalue weighted by Gasteiger charge is 2.19. The Kier molecular flexibility index (Phi) is 7.95. The lowest BCUT2D eigenvalue weighted by Crippen LogP contribution is -2.18. The number of methoxy groups -OCH3 is 2. The fourth-order valence-electron chi connectivity index (χ4n) is 3.31. The van der Waals surface area contributed by atoms with Gasteiger partial charge in [-0.2, -0.15) is 0 Å². The van der Waals surface area contributed by atoms with Gasteiger partial charge in [0.1, 0.15) is 16.5 Å². The molecule has 2 aromatic carbocycles. The Labute approximate surface area is 197 Å². The molecule has 33 heavy (non-hydrogen) atoms. The molecule has 8 heteroatoms. The van der Waals surface area contributed by atoms with Crippen LogP contribution >= 0.6 is 11.8 Å². The first-order valence-electron chi connectivity index (χ1n) is 10.3. The monoisotopic (exact) mass is 465 g/mol. The number of nitrogens with one attached hydrogen (secondary N) is 2. The van der Waals surface area contributed by atoms with Gasteiger partial charge >= 0.3 is 0 Å². The summed E-state index contributed by atoms with van der Waals surface area (Å²) >= 11 is 1.21. The smallest absolute Gasteiger partial charge is 0.258 e. The van der Waals surface area contributed by atoms with Crippen LogP contribution in [0, 0.1) is 20.8 Å². The van der Waals surface area contributed by atoms with E-state index in [2.05, 4.69) is 15.6 Å². The van der Waals surface area contributed by atoms with Crippen molar-refractivity contribution < 1.29 is 19.1 Å². The molecule has 0 spiro atoms. The zero-order chi connectivity index (χ0) is 24.0. The van der Waals surface area contributed by atoms with Crippen LogP contribution in [-0.2, 0) is 4.79 Å². The van der Waals surface area contributed by atoms with Crippen molar-refractivity contribution in [2.24, 2.45) is 0 Å².